The normalized spacial score (nSPS) is 13.7. The fraction of sp³-hybridized carbons (Fsp3) is 0.250. The number of carbonyl (C=O) groups is 2. The van der Waals surface area contributed by atoms with Crippen LogP contribution in [0.25, 0.3) is 11.0 Å². The van der Waals surface area contributed by atoms with Gasteiger partial charge in [-0.05, 0) is 49.4 Å². The van der Waals surface area contributed by atoms with Crippen LogP contribution in [0.4, 0.5) is 5.00 Å². The lowest BCUT2D eigenvalue weighted by Crippen LogP contribution is -2.18. The van der Waals surface area contributed by atoms with Gasteiger partial charge in [0, 0.05) is 10.4 Å². The number of nitrogens with one attached hydrogen (secondary N) is 1. The minimum Gasteiger partial charge on any atom is -0.365 e. The Morgan fingerprint density at radius 2 is 1.92 bits per heavy atom. The van der Waals surface area contributed by atoms with E-state index in [1.165, 1.54) is 11.3 Å². The molecule has 0 fully saturated rings. The van der Waals surface area contributed by atoms with Gasteiger partial charge in [-0.2, -0.15) is 8.75 Å². The molecule has 6 nitrogen and oxygen atoms in total. The molecule has 0 unspecified atom stereocenters. The highest BCUT2D eigenvalue weighted by atomic mass is 32.1. The van der Waals surface area contributed by atoms with Crippen molar-refractivity contribution in [3.63, 3.8) is 0 Å². The summed E-state index contributed by atoms with van der Waals surface area (Å²) in [6.07, 6.45) is 3.93. The van der Waals surface area contributed by atoms with Gasteiger partial charge >= 0.3 is 0 Å². The van der Waals surface area contributed by atoms with Gasteiger partial charge in [0.15, 0.2) is 0 Å². The molecule has 122 valence electrons. The predicted octanol–water partition coefficient (Wildman–Crippen LogP) is 2.98. The first-order valence-corrected chi connectivity index (χ1v) is 9.16. The summed E-state index contributed by atoms with van der Waals surface area (Å²) in [6, 6.07) is 5.17. The molecule has 1 aliphatic carbocycles. The van der Waals surface area contributed by atoms with Crippen molar-refractivity contribution in [1.82, 2.24) is 8.75 Å². The Bertz CT molecular complexity index is 960. The van der Waals surface area contributed by atoms with Crippen LogP contribution in [0.1, 0.15) is 44.0 Å². The standard InChI is InChI=1S/C16H14N4O2S2/c17-14(21)13-9-3-1-2-4-12(9)23-16(13)18-15(22)8-5-6-10-11(7-8)20-24-19-10/h5-7H,1-4H2,(H2,17,21)(H,18,22). The van der Waals surface area contributed by atoms with Crippen LogP contribution in [0.3, 0.4) is 0 Å². The maximum Gasteiger partial charge on any atom is 0.256 e. The molecule has 0 bridgehead atoms. The fourth-order valence-corrected chi connectivity index (χ4v) is 4.82. The number of carbonyl (C=O) groups excluding carboxylic acids is 2. The van der Waals surface area contributed by atoms with Crippen LogP contribution in [0.15, 0.2) is 18.2 Å². The van der Waals surface area contributed by atoms with Crippen molar-refractivity contribution in [3.05, 3.63) is 39.8 Å². The predicted molar refractivity (Wildman–Crippen MR) is 94.8 cm³/mol. The molecule has 1 aromatic carbocycles. The molecule has 3 aromatic rings. The van der Waals surface area contributed by atoms with Crippen molar-refractivity contribution < 1.29 is 9.59 Å². The quantitative estimate of drug-likeness (QED) is 0.752. The number of aromatic nitrogens is 2. The maximum atomic E-state index is 12.6. The molecule has 4 rings (SSSR count). The van der Waals surface area contributed by atoms with E-state index in [1.807, 2.05) is 0 Å². The highest BCUT2D eigenvalue weighted by Crippen LogP contribution is 2.38. The van der Waals surface area contributed by atoms with Crippen LogP contribution in [0.5, 0.6) is 0 Å². The molecule has 0 atom stereocenters. The van der Waals surface area contributed by atoms with E-state index in [-0.39, 0.29) is 5.91 Å². The molecule has 0 radical (unpaired) electrons. The second kappa shape index (κ2) is 5.95. The first-order valence-electron chi connectivity index (χ1n) is 7.61. The van der Waals surface area contributed by atoms with Crippen LogP contribution in [-0.4, -0.2) is 20.6 Å². The zero-order valence-electron chi connectivity index (χ0n) is 12.7. The number of aryl methyl sites for hydroxylation is 1. The summed E-state index contributed by atoms with van der Waals surface area (Å²) in [7, 11) is 0. The number of amides is 2. The van der Waals surface area contributed by atoms with Gasteiger partial charge in [-0.25, -0.2) is 0 Å². The molecule has 24 heavy (non-hydrogen) atoms. The summed E-state index contributed by atoms with van der Waals surface area (Å²) in [6.45, 7) is 0. The smallest absolute Gasteiger partial charge is 0.256 e. The van der Waals surface area contributed by atoms with E-state index in [4.69, 9.17) is 5.73 Å². The van der Waals surface area contributed by atoms with E-state index in [9.17, 15) is 9.59 Å². The topological polar surface area (TPSA) is 98.0 Å². The van der Waals surface area contributed by atoms with Crippen LogP contribution in [-0.2, 0) is 12.8 Å². The largest absolute Gasteiger partial charge is 0.365 e. The number of nitrogens with two attached hydrogens (primary N) is 1. The van der Waals surface area contributed by atoms with E-state index in [0.717, 1.165) is 53.4 Å². The van der Waals surface area contributed by atoms with Crippen molar-refractivity contribution in [2.75, 3.05) is 5.32 Å². The molecule has 0 saturated carbocycles. The maximum absolute atomic E-state index is 12.6. The molecule has 1 aliphatic rings. The Morgan fingerprint density at radius 3 is 2.75 bits per heavy atom. The van der Waals surface area contributed by atoms with E-state index in [0.29, 0.717) is 21.6 Å². The van der Waals surface area contributed by atoms with Crippen molar-refractivity contribution in [3.8, 4) is 0 Å². The highest BCUT2D eigenvalue weighted by molar-refractivity contribution is 7.17. The van der Waals surface area contributed by atoms with Crippen LogP contribution >= 0.6 is 23.1 Å². The molecule has 2 heterocycles. The summed E-state index contributed by atoms with van der Waals surface area (Å²) in [5.74, 6) is -0.755. The lowest BCUT2D eigenvalue weighted by atomic mass is 9.95. The van der Waals surface area contributed by atoms with Crippen molar-refractivity contribution >= 4 is 50.9 Å². The lowest BCUT2D eigenvalue weighted by Gasteiger charge is -2.11. The fourth-order valence-electron chi connectivity index (χ4n) is 3.01. The number of fused-ring (bicyclic) bond motifs is 2. The number of hydrogen-bond donors (Lipinski definition) is 2. The monoisotopic (exact) mass is 358 g/mol. The molecular formula is C16H14N4O2S2. The molecule has 2 aromatic heterocycles. The Hall–Kier alpha value is -2.32. The summed E-state index contributed by atoms with van der Waals surface area (Å²) >= 11 is 2.57. The molecular weight excluding hydrogens is 344 g/mol. The number of anilines is 1. The number of primary amides is 1. The molecule has 8 heteroatoms. The Morgan fingerprint density at radius 1 is 1.12 bits per heavy atom. The van der Waals surface area contributed by atoms with Crippen molar-refractivity contribution in [2.45, 2.75) is 25.7 Å². The Labute approximate surface area is 146 Å². The average molecular weight is 358 g/mol. The van der Waals surface area contributed by atoms with Gasteiger partial charge in [0.25, 0.3) is 11.8 Å². The number of thiophene rings is 1. The SMILES string of the molecule is NC(=O)c1c(NC(=O)c2ccc3nsnc3c2)sc2c1CCCC2. The highest BCUT2D eigenvalue weighted by Gasteiger charge is 2.25. The Balaban J connectivity index is 1.68. The first-order chi connectivity index (χ1) is 11.6. The van der Waals surface area contributed by atoms with Gasteiger partial charge in [0.1, 0.15) is 16.0 Å². The van der Waals surface area contributed by atoms with Gasteiger partial charge < -0.3 is 11.1 Å². The van der Waals surface area contributed by atoms with Gasteiger partial charge in [-0.1, -0.05) is 0 Å². The van der Waals surface area contributed by atoms with E-state index >= 15 is 0 Å². The molecule has 0 spiro atoms. The molecule has 2 amide bonds. The summed E-state index contributed by atoms with van der Waals surface area (Å²) in [4.78, 5) is 25.6. The Kier molecular flexibility index (Phi) is 3.78. The second-order valence-corrected chi connectivity index (χ2v) is 7.33. The van der Waals surface area contributed by atoms with Gasteiger partial charge in [-0.3, -0.25) is 9.59 Å². The number of benzene rings is 1. The van der Waals surface area contributed by atoms with Crippen molar-refractivity contribution in [1.29, 1.82) is 0 Å². The third kappa shape index (κ3) is 2.57. The van der Waals surface area contributed by atoms with Gasteiger partial charge in [0.05, 0.1) is 17.3 Å². The number of hydrogen-bond acceptors (Lipinski definition) is 6. The number of rotatable bonds is 3. The van der Waals surface area contributed by atoms with Crippen LogP contribution in [0, 0.1) is 0 Å². The van der Waals surface area contributed by atoms with Crippen molar-refractivity contribution in [2.24, 2.45) is 5.73 Å². The third-order valence-electron chi connectivity index (χ3n) is 4.16. The minimum absolute atomic E-state index is 0.272. The van der Waals surface area contributed by atoms with Gasteiger partial charge in [-0.15, -0.1) is 11.3 Å². The van der Waals surface area contributed by atoms with Gasteiger partial charge in [0.2, 0.25) is 0 Å². The zero-order chi connectivity index (χ0) is 16.7. The summed E-state index contributed by atoms with van der Waals surface area (Å²) in [5.41, 5.74) is 8.97. The summed E-state index contributed by atoms with van der Waals surface area (Å²) < 4.78 is 8.27. The minimum atomic E-state index is -0.483. The van der Waals surface area contributed by atoms with E-state index in [1.54, 1.807) is 18.2 Å². The van der Waals surface area contributed by atoms with E-state index < -0.39 is 5.91 Å². The molecule has 3 N–H and O–H groups in total. The molecule has 0 saturated heterocycles. The molecule has 0 aliphatic heterocycles. The first kappa shape index (κ1) is 15.2. The second-order valence-electron chi connectivity index (χ2n) is 5.70. The third-order valence-corrected chi connectivity index (χ3v) is 5.92. The van der Waals surface area contributed by atoms with E-state index in [2.05, 4.69) is 14.1 Å². The zero-order valence-corrected chi connectivity index (χ0v) is 14.3. The van der Waals surface area contributed by atoms with Crippen LogP contribution in [0.2, 0.25) is 0 Å². The average Bonchev–Trinajstić information content (AvgIpc) is 3.17. The van der Waals surface area contributed by atoms with Crippen LogP contribution < -0.4 is 11.1 Å². The lowest BCUT2D eigenvalue weighted by molar-refractivity contribution is 0.100. The summed E-state index contributed by atoms with van der Waals surface area (Å²) in [5, 5.41) is 3.41. The number of nitrogens with zero attached hydrogens (tertiary/aromatic N) is 2.